The summed E-state index contributed by atoms with van der Waals surface area (Å²) in [5.41, 5.74) is 8.24. The quantitative estimate of drug-likeness (QED) is 0.124. The largest absolute Gasteiger partial charge is 0.490 e. The number of piperidine rings is 1. The minimum atomic E-state index is -5.08. The summed E-state index contributed by atoms with van der Waals surface area (Å²) in [6, 6.07) is 20.1. The molecule has 0 bridgehead atoms. The van der Waals surface area contributed by atoms with E-state index in [4.69, 9.17) is 20.2 Å². The van der Waals surface area contributed by atoms with Gasteiger partial charge in [0.2, 0.25) is 29.5 Å². The number of aliphatic carboxylic acids is 1. The molecule has 60 heavy (non-hydrogen) atoms. The van der Waals surface area contributed by atoms with E-state index in [0.29, 0.717) is 50.9 Å². The number of rotatable bonds is 13. The number of carbonyl (C=O) groups excluding carboxylic acids is 5. The number of amides is 5. The maximum atomic E-state index is 14.2. The van der Waals surface area contributed by atoms with Gasteiger partial charge in [0.05, 0.1) is 18.8 Å². The van der Waals surface area contributed by atoms with Crippen LogP contribution in [0.4, 0.5) is 17.6 Å². The Labute approximate surface area is 341 Å². The van der Waals surface area contributed by atoms with E-state index >= 15 is 0 Å². The van der Waals surface area contributed by atoms with Gasteiger partial charge in [0, 0.05) is 49.8 Å². The number of alkyl halides is 3. The van der Waals surface area contributed by atoms with Gasteiger partial charge in [-0.15, -0.1) is 0 Å². The van der Waals surface area contributed by atoms with Gasteiger partial charge in [0.15, 0.2) is 5.58 Å². The zero-order valence-electron chi connectivity index (χ0n) is 32.3. The third-order valence-electron chi connectivity index (χ3n) is 10.2. The molecule has 0 spiro atoms. The van der Waals surface area contributed by atoms with Crippen molar-refractivity contribution >= 4 is 46.5 Å². The molecule has 2 aliphatic heterocycles. The molecule has 15 nitrogen and oxygen atoms in total. The number of likely N-dealkylation sites (tertiary alicyclic amines) is 2. The molecule has 0 unspecified atom stereocenters. The van der Waals surface area contributed by atoms with Crippen LogP contribution in [0.25, 0.3) is 11.0 Å². The highest BCUT2D eigenvalue weighted by molar-refractivity contribution is 5.95. The maximum Gasteiger partial charge on any atom is 0.490 e. The van der Waals surface area contributed by atoms with Crippen molar-refractivity contribution in [1.82, 2.24) is 30.9 Å². The first-order chi connectivity index (χ1) is 28.6. The van der Waals surface area contributed by atoms with Crippen molar-refractivity contribution in [2.45, 2.75) is 68.7 Å². The fraction of sp³-hybridized carbons (Fsp3) is 0.390. The number of carboxylic acid groups (broad SMARTS) is 1. The molecule has 2 fully saturated rings. The summed E-state index contributed by atoms with van der Waals surface area (Å²) in [6.07, 6.45) is -2.28. The maximum absolute atomic E-state index is 14.2. The summed E-state index contributed by atoms with van der Waals surface area (Å²) >= 11 is 0. The van der Waals surface area contributed by atoms with Crippen molar-refractivity contribution in [2.75, 3.05) is 32.7 Å². The number of fused-ring (bicyclic) bond motifs is 1. The highest BCUT2D eigenvalue weighted by atomic mass is 19.4. The summed E-state index contributed by atoms with van der Waals surface area (Å²) in [5.74, 6) is -5.30. The zero-order chi connectivity index (χ0) is 43.4. The van der Waals surface area contributed by atoms with Gasteiger partial charge >= 0.3 is 12.1 Å². The Bertz CT molecular complexity index is 2130. The van der Waals surface area contributed by atoms with Gasteiger partial charge in [-0.25, -0.2) is 9.18 Å². The topological polar surface area (TPSA) is 217 Å². The summed E-state index contributed by atoms with van der Waals surface area (Å²) in [4.78, 5) is 78.9. The average molecular weight is 840 g/mol. The van der Waals surface area contributed by atoms with Crippen molar-refractivity contribution in [3.63, 3.8) is 0 Å². The van der Waals surface area contributed by atoms with Gasteiger partial charge < -0.3 is 41.1 Å². The van der Waals surface area contributed by atoms with E-state index in [1.54, 1.807) is 15.9 Å². The Morgan fingerprint density at radius 2 is 1.42 bits per heavy atom. The van der Waals surface area contributed by atoms with Gasteiger partial charge in [0.1, 0.15) is 23.9 Å². The van der Waals surface area contributed by atoms with Crippen molar-refractivity contribution in [3.05, 3.63) is 102 Å². The standard InChI is InChI=1S/C39H44FN7O6.C2HF3O2/c40-28-13-14-29-33(22-28)53-45-36(29)27-15-18-46(19-16-27)39(52)32-12-7-17-47(32)38(51)31(21-26-10-5-2-6-11-26)44-35(49)24-42-37(50)30(43-34(48)23-41)20-25-8-3-1-4-9-25;3-2(4,5)1(6)7/h1-6,8-11,13-14,22,27,30-32H,7,12,15-21,23-24,41H2,(H,42,50)(H,43,48)(H,44,49);(H,6,7)/t30-,31-,32-;/m0./s1. The lowest BCUT2D eigenvalue weighted by Gasteiger charge is -2.36. The van der Waals surface area contributed by atoms with Crippen LogP contribution in [0.1, 0.15) is 48.4 Å². The predicted octanol–water partition coefficient (Wildman–Crippen LogP) is 2.83. The van der Waals surface area contributed by atoms with Crippen LogP contribution in [0.3, 0.4) is 0 Å². The molecule has 6 N–H and O–H groups in total. The number of benzene rings is 3. The van der Waals surface area contributed by atoms with Crippen LogP contribution >= 0.6 is 0 Å². The van der Waals surface area contributed by atoms with Crippen molar-refractivity contribution in [3.8, 4) is 0 Å². The molecule has 5 amide bonds. The van der Waals surface area contributed by atoms with Crippen LogP contribution < -0.4 is 21.7 Å². The molecular weight excluding hydrogens is 794 g/mol. The molecule has 320 valence electrons. The zero-order valence-corrected chi connectivity index (χ0v) is 32.3. The third-order valence-corrected chi connectivity index (χ3v) is 10.2. The first-order valence-corrected chi connectivity index (χ1v) is 19.2. The lowest BCUT2D eigenvalue weighted by atomic mass is 9.91. The monoisotopic (exact) mass is 839 g/mol. The van der Waals surface area contributed by atoms with E-state index < -0.39 is 60.4 Å². The first kappa shape index (κ1) is 44.7. The van der Waals surface area contributed by atoms with Gasteiger partial charge in [0.25, 0.3) is 0 Å². The summed E-state index contributed by atoms with van der Waals surface area (Å²) < 4.78 is 50.8. The van der Waals surface area contributed by atoms with E-state index in [0.717, 1.165) is 22.2 Å². The second-order valence-corrected chi connectivity index (χ2v) is 14.3. The highest BCUT2D eigenvalue weighted by Gasteiger charge is 2.41. The second-order valence-electron chi connectivity index (χ2n) is 14.3. The van der Waals surface area contributed by atoms with Gasteiger partial charge in [-0.05, 0) is 48.9 Å². The molecule has 19 heteroatoms. The van der Waals surface area contributed by atoms with Gasteiger partial charge in [-0.3, -0.25) is 24.0 Å². The normalized spacial score (nSPS) is 16.6. The number of carbonyl (C=O) groups is 6. The van der Waals surface area contributed by atoms with Crippen LogP contribution in [0, 0.1) is 5.82 Å². The Kier molecular flexibility index (Phi) is 15.3. The first-order valence-electron chi connectivity index (χ1n) is 19.2. The number of carboxylic acids is 1. The number of halogens is 4. The highest BCUT2D eigenvalue weighted by Crippen LogP contribution is 2.34. The fourth-order valence-electron chi connectivity index (χ4n) is 7.19. The van der Waals surface area contributed by atoms with Crippen LogP contribution in [-0.2, 0) is 41.6 Å². The van der Waals surface area contributed by atoms with Crippen LogP contribution in [0.5, 0.6) is 0 Å². The van der Waals surface area contributed by atoms with E-state index in [1.165, 1.54) is 12.1 Å². The molecule has 0 saturated carbocycles. The van der Waals surface area contributed by atoms with Crippen LogP contribution in [0.2, 0.25) is 0 Å². The molecule has 3 atom stereocenters. The molecule has 3 heterocycles. The smallest absolute Gasteiger partial charge is 0.475 e. The molecule has 4 aromatic rings. The van der Waals surface area contributed by atoms with Gasteiger partial charge in [-0.2, -0.15) is 13.2 Å². The summed E-state index contributed by atoms with van der Waals surface area (Å²) in [5, 5.41) is 20.1. The molecule has 1 aromatic heterocycles. The molecular formula is C41H45F4N7O8. The molecule has 6 rings (SSSR count). The minimum absolute atomic E-state index is 0.0450. The third kappa shape index (κ3) is 12.1. The lowest BCUT2D eigenvalue weighted by Crippen LogP contribution is -2.56. The van der Waals surface area contributed by atoms with E-state index in [2.05, 4.69) is 21.1 Å². The van der Waals surface area contributed by atoms with Crippen molar-refractivity contribution in [2.24, 2.45) is 5.73 Å². The minimum Gasteiger partial charge on any atom is -0.475 e. The lowest BCUT2D eigenvalue weighted by molar-refractivity contribution is -0.192. The fourth-order valence-corrected chi connectivity index (χ4v) is 7.19. The van der Waals surface area contributed by atoms with Crippen LogP contribution in [-0.4, -0.2) is 113 Å². The Morgan fingerprint density at radius 3 is 2.00 bits per heavy atom. The Morgan fingerprint density at radius 1 is 0.833 bits per heavy atom. The van der Waals surface area contributed by atoms with Crippen LogP contribution in [0.15, 0.2) is 83.4 Å². The molecule has 3 aromatic carbocycles. The number of nitrogens with two attached hydrogens (primary N) is 1. The number of aromatic nitrogens is 1. The number of hydrogen-bond donors (Lipinski definition) is 5. The number of hydrogen-bond acceptors (Lipinski definition) is 9. The summed E-state index contributed by atoms with van der Waals surface area (Å²) in [6.45, 7) is 0.572. The Hall–Kier alpha value is -6.37. The predicted molar refractivity (Wildman–Crippen MR) is 207 cm³/mol. The van der Waals surface area contributed by atoms with E-state index in [1.807, 2.05) is 60.7 Å². The number of nitrogens with zero attached hydrogens (tertiary/aromatic N) is 3. The van der Waals surface area contributed by atoms with E-state index in [-0.39, 0.29) is 37.1 Å². The van der Waals surface area contributed by atoms with E-state index in [9.17, 15) is 41.5 Å². The SMILES string of the molecule is NCC(=O)N[C@@H](Cc1ccccc1)C(=O)NCC(=O)N[C@@H](Cc1ccccc1)C(=O)N1CCC[C@H]1C(=O)N1CCC(c2noc3cc(F)ccc23)CC1.O=C(O)C(F)(F)F. The molecule has 2 saturated heterocycles. The van der Waals surface area contributed by atoms with Crippen molar-refractivity contribution in [1.29, 1.82) is 0 Å². The molecule has 0 radical (unpaired) electrons. The molecule has 2 aliphatic rings. The number of nitrogens with one attached hydrogen (secondary N) is 3. The summed E-state index contributed by atoms with van der Waals surface area (Å²) in [7, 11) is 0. The Balaban J connectivity index is 0.000000896. The second kappa shape index (κ2) is 20.5. The molecule has 0 aliphatic carbocycles. The van der Waals surface area contributed by atoms with Gasteiger partial charge in [-0.1, -0.05) is 65.8 Å². The van der Waals surface area contributed by atoms with Crippen molar-refractivity contribution < 1.29 is 56.0 Å². The average Bonchev–Trinajstić information content (AvgIpc) is 3.90.